The Balaban J connectivity index is 1.63. The molecule has 0 aliphatic carbocycles. The zero-order chi connectivity index (χ0) is 18.5. The van der Waals surface area contributed by atoms with Crippen molar-refractivity contribution in [1.82, 2.24) is 0 Å². The molecular formula is C19H15F2NO4. The summed E-state index contributed by atoms with van der Waals surface area (Å²) in [4.78, 5) is 11.9. The smallest absolute Gasteiger partial charge is 0.422 e. The number of rotatable bonds is 3. The highest BCUT2D eigenvalue weighted by molar-refractivity contribution is 5.84. The number of fused-ring (bicyclic) bond motifs is 2. The molecule has 2 heterocycles. The van der Waals surface area contributed by atoms with E-state index < -0.39 is 11.9 Å². The van der Waals surface area contributed by atoms with Crippen molar-refractivity contribution in [1.29, 1.82) is 0 Å². The SMILES string of the molecule is Cc1ccc2c(CNc3ccc4c(c3)OC(F)(F)O4)cc(=O)oc2c1C. The summed E-state index contributed by atoms with van der Waals surface area (Å²) in [7, 11) is 0. The van der Waals surface area contributed by atoms with Gasteiger partial charge in [0.1, 0.15) is 5.58 Å². The van der Waals surface area contributed by atoms with Crippen LogP contribution < -0.4 is 20.4 Å². The largest absolute Gasteiger partial charge is 0.586 e. The van der Waals surface area contributed by atoms with Gasteiger partial charge >= 0.3 is 11.9 Å². The molecule has 0 radical (unpaired) electrons. The molecule has 3 aromatic rings. The number of hydrogen-bond acceptors (Lipinski definition) is 5. The van der Waals surface area contributed by atoms with E-state index in [0.29, 0.717) is 17.8 Å². The molecule has 1 aromatic heterocycles. The molecule has 0 atom stereocenters. The molecule has 1 aliphatic rings. The van der Waals surface area contributed by atoms with Gasteiger partial charge in [0.15, 0.2) is 11.5 Å². The average Bonchev–Trinajstić information content (AvgIpc) is 2.89. The van der Waals surface area contributed by atoms with Gasteiger partial charge in [0.05, 0.1) is 0 Å². The summed E-state index contributed by atoms with van der Waals surface area (Å²) in [6.45, 7) is 4.17. The van der Waals surface area contributed by atoms with Crippen molar-refractivity contribution in [3.63, 3.8) is 0 Å². The fourth-order valence-corrected chi connectivity index (χ4v) is 2.93. The minimum absolute atomic E-state index is 0.0162. The summed E-state index contributed by atoms with van der Waals surface area (Å²) in [5.41, 5.74) is 3.37. The average molecular weight is 359 g/mol. The molecule has 7 heteroatoms. The highest BCUT2D eigenvalue weighted by atomic mass is 19.3. The molecule has 2 aromatic carbocycles. The minimum atomic E-state index is -3.65. The van der Waals surface area contributed by atoms with Gasteiger partial charge in [0.25, 0.3) is 0 Å². The van der Waals surface area contributed by atoms with Crippen LogP contribution in [0.5, 0.6) is 11.5 Å². The monoisotopic (exact) mass is 359 g/mol. The molecule has 0 fully saturated rings. The van der Waals surface area contributed by atoms with Crippen LogP contribution >= 0.6 is 0 Å². The van der Waals surface area contributed by atoms with Gasteiger partial charge < -0.3 is 19.2 Å². The quantitative estimate of drug-likeness (QED) is 0.705. The van der Waals surface area contributed by atoms with Crippen LogP contribution in [0.2, 0.25) is 0 Å². The van der Waals surface area contributed by atoms with Crippen molar-refractivity contribution in [3.8, 4) is 11.5 Å². The second kappa shape index (κ2) is 5.72. The third-order valence-electron chi connectivity index (χ3n) is 4.40. The Hall–Kier alpha value is -3.09. The summed E-state index contributed by atoms with van der Waals surface area (Å²) in [6.07, 6.45) is -3.65. The van der Waals surface area contributed by atoms with Gasteiger partial charge in [-0.2, -0.15) is 0 Å². The lowest BCUT2D eigenvalue weighted by Crippen LogP contribution is -2.25. The maximum Gasteiger partial charge on any atom is 0.586 e. The molecule has 26 heavy (non-hydrogen) atoms. The zero-order valence-electron chi connectivity index (χ0n) is 14.1. The van der Waals surface area contributed by atoms with E-state index in [9.17, 15) is 13.6 Å². The van der Waals surface area contributed by atoms with E-state index in [2.05, 4.69) is 14.8 Å². The number of hydrogen-bond donors (Lipinski definition) is 1. The molecule has 1 aliphatic heterocycles. The maximum absolute atomic E-state index is 13.1. The van der Waals surface area contributed by atoms with Crippen molar-refractivity contribution < 1.29 is 22.7 Å². The van der Waals surface area contributed by atoms with Crippen LogP contribution in [0.15, 0.2) is 45.6 Å². The standard InChI is InChI=1S/C19H15F2NO4/c1-10-3-5-14-12(7-17(23)24-18(14)11(10)2)9-22-13-4-6-15-16(8-13)26-19(20,21)25-15/h3-8,22H,9H2,1-2H3. The van der Waals surface area contributed by atoms with Gasteiger partial charge in [0, 0.05) is 29.8 Å². The highest BCUT2D eigenvalue weighted by Gasteiger charge is 2.43. The highest BCUT2D eigenvalue weighted by Crippen LogP contribution is 2.42. The molecule has 1 N–H and O–H groups in total. The Morgan fingerprint density at radius 1 is 1.04 bits per heavy atom. The first-order valence-corrected chi connectivity index (χ1v) is 7.99. The van der Waals surface area contributed by atoms with E-state index in [1.165, 1.54) is 18.2 Å². The van der Waals surface area contributed by atoms with Crippen LogP contribution in [0.3, 0.4) is 0 Å². The second-order valence-electron chi connectivity index (χ2n) is 6.16. The van der Waals surface area contributed by atoms with E-state index in [4.69, 9.17) is 4.42 Å². The molecule has 0 bridgehead atoms. The fraction of sp³-hybridized carbons (Fsp3) is 0.211. The maximum atomic E-state index is 13.1. The summed E-state index contributed by atoms with van der Waals surface area (Å²) >= 11 is 0. The van der Waals surface area contributed by atoms with Gasteiger partial charge in [-0.05, 0) is 42.7 Å². The summed E-state index contributed by atoms with van der Waals surface area (Å²) in [5, 5.41) is 3.94. The van der Waals surface area contributed by atoms with Gasteiger partial charge in [-0.25, -0.2) is 4.79 Å². The van der Waals surface area contributed by atoms with Crippen molar-refractivity contribution in [3.05, 3.63) is 63.5 Å². The van der Waals surface area contributed by atoms with Crippen molar-refractivity contribution in [2.75, 3.05) is 5.32 Å². The fourth-order valence-electron chi connectivity index (χ4n) is 2.93. The normalized spacial score (nSPS) is 14.6. The lowest BCUT2D eigenvalue weighted by molar-refractivity contribution is -0.286. The van der Waals surface area contributed by atoms with Gasteiger partial charge in [-0.1, -0.05) is 12.1 Å². The molecule has 0 amide bonds. The predicted octanol–water partition coefficient (Wildman–Crippen LogP) is 4.34. The van der Waals surface area contributed by atoms with E-state index in [0.717, 1.165) is 22.1 Å². The van der Waals surface area contributed by atoms with Crippen LogP contribution in [-0.2, 0) is 6.54 Å². The Morgan fingerprint density at radius 2 is 1.81 bits per heavy atom. The van der Waals surface area contributed by atoms with Crippen molar-refractivity contribution in [2.24, 2.45) is 0 Å². The zero-order valence-corrected chi connectivity index (χ0v) is 14.1. The third-order valence-corrected chi connectivity index (χ3v) is 4.40. The summed E-state index contributed by atoms with van der Waals surface area (Å²) in [6, 6.07) is 9.72. The summed E-state index contributed by atoms with van der Waals surface area (Å²) in [5.74, 6) is -0.0543. The van der Waals surface area contributed by atoms with E-state index in [1.54, 1.807) is 6.07 Å². The first kappa shape index (κ1) is 16.4. The number of anilines is 1. The Kier molecular flexibility index (Phi) is 3.61. The van der Waals surface area contributed by atoms with E-state index in [1.807, 2.05) is 26.0 Å². The van der Waals surface area contributed by atoms with Crippen molar-refractivity contribution in [2.45, 2.75) is 26.7 Å². The molecule has 0 spiro atoms. The number of benzene rings is 2. The van der Waals surface area contributed by atoms with Crippen LogP contribution in [0.1, 0.15) is 16.7 Å². The first-order valence-electron chi connectivity index (χ1n) is 7.99. The molecule has 4 rings (SSSR count). The van der Waals surface area contributed by atoms with Crippen LogP contribution in [0, 0.1) is 13.8 Å². The summed E-state index contributed by atoms with van der Waals surface area (Å²) < 4.78 is 40.4. The lowest BCUT2D eigenvalue weighted by Gasteiger charge is -2.11. The lowest BCUT2D eigenvalue weighted by atomic mass is 10.0. The minimum Gasteiger partial charge on any atom is -0.422 e. The molecule has 0 unspecified atom stereocenters. The third kappa shape index (κ3) is 2.85. The van der Waals surface area contributed by atoms with Gasteiger partial charge in [-0.3, -0.25) is 0 Å². The molecule has 134 valence electrons. The van der Waals surface area contributed by atoms with Crippen LogP contribution in [0.25, 0.3) is 11.0 Å². The van der Waals surface area contributed by atoms with Gasteiger partial charge in [0.2, 0.25) is 0 Å². The number of halogens is 2. The Bertz CT molecular complexity index is 1080. The second-order valence-corrected chi connectivity index (χ2v) is 6.16. The molecular weight excluding hydrogens is 344 g/mol. The van der Waals surface area contributed by atoms with Crippen molar-refractivity contribution >= 4 is 16.7 Å². The van der Waals surface area contributed by atoms with Crippen LogP contribution in [-0.4, -0.2) is 6.29 Å². The number of alkyl halides is 2. The number of nitrogens with one attached hydrogen (secondary N) is 1. The van der Waals surface area contributed by atoms with Gasteiger partial charge in [-0.15, -0.1) is 8.78 Å². The number of ether oxygens (including phenoxy) is 2. The number of aryl methyl sites for hydroxylation is 2. The molecule has 0 saturated heterocycles. The van der Waals surface area contributed by atoms with E-state index >= 15 is 0 Å². The molecule has 5 nitrogen and oxygen atoms in total. The van der Waals surface area contributed by atoms with Crippen LogP contribution in [0.4, 0.5) is 14.5 Å². The van der Waals surface area contributed by atoms with E-state index in [-0.39, 0.29) is 11.5 Å². The topological polar surface area (TPSA) is 60.7 Å². The Labute approximate surface area is 147 Å². The molecule has 0 saturated carbocycles. The Morgan fingerprint density at radius 3 is 2.62 bits per heavy atom. The first-order chi connectivity index (χ1) is 12.3. The predicted molar refractivity (Wildman–Crippen MR) is 91.9 cm³/mol.